The molecule has 0 aliphatic rings. The van der Waals surface area contributed by atoms with Gasteiger partial charge in [0.2, 0.25) is 0 Å². The van der Waals surface area contributed by atoms with Gasteiger partial charge in [0.15, 0.2) is 5.78 Å². The molecular formula is C15H18N2O. The fourth-order valence-electron chi connectivity index (χ4n) is 2.28. The lowest BCUT2D eigenvalue weighted by Crippen LogP contribution is -2.00. The first kappa shape index (κ1) is 12.6. The molecule has 1 aromatic carbocycles. The van der Waals surface area contributed by atoms with Crippen LogP contribution in [-0.4, -0.2) is 15.6 Å². The zero-order valence-corrected chi connectivity index (χ0v) is 11.3. The molecule has 2 rings (SSSR count). The van der Waals surface area contributed by atoms with E-state index in [2.05, 4.69) is 18.9 Å². The second-order valence-electron chi connectivity index (χ2n) is 4.52. The van der Waals surface area contributed by atoms with Crippen molar-refractivity contribution in [2.24, 2.45) is 0 Å². The third-order valence-corrected chi connectivity index (χ3v) is 3.31. The molecule has 0 spiro atoms. The van der Waals surface area contributed by atoms with Crippen LogP contribution in [0.15, 0.2) is 24.3 Å². The van der Waals surface area contributed by atoms with Crippen molar-refractivity contribution in [1.29, 1.82) is 0 Å². The summed E-state index contributed by atoms with van der Waals surface area (Å²) in [6.07, 6.45) is 0.989. The molecule has 1 aromatic heterocycles. The molecule has 0 saturated carbocycles. The molecule has 0 radical (unpaired) electrons. The third kappa shape index (κ3) is 2.08. The first-order valence-electron chi connectivity index (χ1n) is 6.21. The second-order valence-corrected chi connectivity index (χ2v) is 4.52. The van der Waals surface area contributed by atoms with E-state index in [1.165, 1.54) is 11.3 Å². The van der Waals surface area contributed by atoms with E-state index in [1.807, 2.05) is 35.9 Å². The molecule has 94 valence electrons. The van der Waals surface area contributed by atoms with Crippen LogP contribution in [-0.2, 0) is 6.42 Å². The van der Waals surface area contributed by atoms with Gasteiger partial charge in [-0.1, -0.05) is 6.92 Å². The largest absolute Gasteiger partial charge is 0.295 e. The molecule has 2 aromatic rings. The van der Waals surface area contributed by atoms with Crippen LogP contribution in [0.5, 0.6) is 0 Å². The second kappa shape index (κ2) is 4.77. The molecule has 18 heavy (non-hydrogen) atoms. The minimum absolute atomic E-state index is 0.0872. The lowest BCUT2D eigenvalue weighted by molar-refractivity contribution is 0.101. The Balaban J connectivity index is 2.46. The van der Waals surface area contributed by atoms with Gasteiger partial charge in [-0.3, -0.25) is 4.79 Å². The van der Waals surface area contributed by atoms with Crippen molar-refractivity contribution >= 4 is 5.78 Å². The summed E-state index contributed by atoms with van der Waals surface area (Å²) < 4.78 is 1.94. The Kier molecular flexibility index (Phi) is 3.32. The van der Waals surface area contributed by atoms with Gasteiger partial charge >= 0.3 is 0 Å². The van der Waals surface area contributed by atoms with Gasteiger partial charge < -0.3 is 0 Å². The van der Waals surface area contributed by atoms with Gasteiger partial charge in [0.1, 0.15) is 0 Å². The van der Waals surface area contributed by atoms with Gasteiger partial charge in [-0.25, -0.2) is 4.68 Å². The maximum absolute atomic E-state index is 11.2. The molecule has 0 unspecified atom stereocenters. The van der Waals surface area contributed by atoms with Crippen LogP contribution in [0.1, 0.15) is 41.2 Å². The smallest absolute Gasteiger partial charge is 0.159 e. The lowest BCUT2D eigenvalue weighted by atomic mass is 10.1. The molecule has 3 nitrogen and oxygen atoms in total. The minimum atomic E-state index is 0.0872. The molecule has 1 heterocycles. The van der Waals surface area contributed by atoms with E-state index in [9.17, 15) is 4.79 Å². The predicted octanol–water partition coefficient (Wildman–Crippen LogP) is 3.25. The SMILES string of the molecule is CCc1c(C)nn(-c2ccc(C(C)=O)cc2)c1C. The quantitative estimate of drug-likeness (QED) is 0.774. The van der Waals surface area contributed by atoms with Crippen molar-refractivity contribution in [2.75, 3.05) is 0 Å². The summed E-state index contributed by atoms with van der Waals surface area (Å²) in [7, 11) is 0. The van der Waals surface area contributed by atoms with Crippen molar-refractivity contribution in [3.63, 3.8) is 0 Å². The van der Waals surface area contributed by atoms with Gasteiger partial charge in [-0.15, -0.1) is 0 Å². The number of rotatable bonds is 3. The standard InChI is InChI=1S/C15H18N2O/c1-5-15-10(2)16-17(11(15)3)14-8-6-13(7-9-14)12(4)18/h6-9H,5H2,1-4H3. The van der Waals surface area contributed by atoms with E-state index in [1.54, 1.807) is 6.92 Å². The van der Waals surface area contributed by atoms with Gasteiger partial charge in [-0.2, -0.15) is 5.10 Å². The Bertz CT molecular complexity index is 579. The highest BCUT2D eigenvalue weighted by atomic mass is 16.1. The maximum Gasteiger partial charge on any atom is 0.159 e. The highest BCUT2D eigenvalue weighted by Gasteiger charge is 2.11. The van der Waals surface area contributed by atoms with E-state index in [-0.39, 0.29) is 5.78 Å². The lowest BCUT2D eigenvalue weighted by Gasteiger charge is -2.05. The Hall–Kier alpha value is -1.90. The highest BCUT2D eigenvalue weighted by molar-refractivity contribution is 5.94. The number of aromatic nitrogens is 2. The van der Waals surface area contributed by atoms with Gasteiger partial charge in [0.25, 0.3) is 0 Å². The van der Waals surface area contributed by atoms with E-state index in [0.717, 1.165) is 23.4 Å². The molecule has 0 N–H and O–H groups in total. The molecule has 0 atom stereocenters. The zero-order chi connectivity index (χ0) is 13.3. The van der Waals surface area contributed by atoms with E-state index < -0.39 is 0 Å². The van der Waals surface area contributed by atoms with Crippen molar-refractivity contribution in [1.82, 2.24) is 9.78 Å². The average molecular weight is 242 g/mol. The number of hydrogen-bond donors (Lipinski definition) is 0. The van der Waals surface area contributed by atoms with Gasteiger partial charge in [0, 0.05) is 11.3 Å². The summed E-state index contributed by atoms with van der Waals surface area (Å²) in [6.45, 7) is 7.83. The van der Waals surface area contributed by atoms with Crippen LogP contribution >= 0.6 is 0 Å². The number of nitrogens with zero attached hydrogens (tertiary/aromatic N) is 2. The number of benzene rings is 1. The monoisotopic (exact) mass is 242 g/mol. The van der Waals surface area contributed by atoms with Crippen LogP contribution in [0.3, 0.4) is 0 Å². The summed E-state index contributed by atoms with van der Waals surface area (Å²) in [5, 5.41) is 4.56. The Labute approximate surface area is 107 Å². The van der Waals surface area contributed by atoms with E-state index in [4.69, 9.17) is 0 Å². The van der Waals surface area contributed by atoms with Crippen LogP contribution in [0.25, 0.3) is 5.69 Å². The molecule has 3 heteroatoms. The molecule has 0 bridgehead atoms. The molecule has 0 aliphatic heterocycles. The molecular weight excluding hydrogens is 224 g/mol. The number of hydrogen-bond acceptors (Lipinski definition) is 2. The summed E-state index contributed by atoms with van der Waals surface area (Å²) in [5.41, 5.74) is 5.28. The third-order valence-electron chi connectivity index (χ3n) is 3.31. The van der Waals surface area contributed by atoms with Gasteiger partial charge in [0.05, 0.1) is 11.4 Å². The maximum atomic E-state index is 11.2. The molecule has 0 fully saturated rings. The van der Waals surface area contributed by atoms with Crippen molar-refractivity contribution in [3.8, 4) is 5.69 Å². The zero-order valence-electron chi connectivity index (χ0n) is 11.3. The molecule has 0 aliphatic carbocycles. The number of carbonyl (C=O) groups is 1. The van der Waals surface area contributed by atoms with Crippen LogP contribution in [0.4, 0.5) is 0 Å². The minimum Gasteiger partial charge on any atom is -0.295 e. The number of Topliss-reactive ketones (excluding diaryl/α,β-unsaturated/α-hetero) is 1. The van der Waals surface area contributed by atoms with Gasteiger partial charge in [-0.05, 0) is 57.0 Å². The van der Waals surface area contributed by atoms with Crippen molar-refractivity contribution in [2.45, 2.75) is 34.1 Å². The Morgan fingerprint density at radius 2 is 1.83 bits per heavy atom. The summed E-state index contributed by atoms with van der Waals surface area (Å²) in [5.74, 6) is 0.0872. The number of carbonyl (C=O) groups excluding carboxylic acids is 1. The highest BCUT2D eigenvalue weighted by Crippen LogP contribution is 2.18. The topological polar surface area (TPSA) is 34.9 Å². The first-order valence-corrected chi connectivity index (χ1v) is 6.21. The first-order chi connectivity index (χ1) is 8.54. The van der Waals surface area contributed by atoms with Crippen LogP contribution in [0, 0.1) is 13.8 Å². The molecule has 0 saturated heterocycles. The number of ketones is 1. The fraction of sp³-hybridized carbons (Fsp3) is 0.333. The number of aryl methyl sites for hydroxylation is 1. The van der Waals surface area contributed by atoms with Crippen molar-refractivity contribution < 1.29 is 4.79 Å². The predicted molar refractivity (Wildman–Crippen MR) is 72.4 cm³/mol. The Morgan fingerprint density at radius 3 is 2.28 bits per heavy atom. The summed E-state index contributed by atoms with van der Waals surface area (Å²) in [6, 6.07) is 7.57. The van der Waals surface area contributed by atoms with Crippen LogP contribution < -0.4 is 0 Å². The fourth-order valence-corrected chi connectivity index (χ4v) is 2.28. The van der Waals surface area contributed by atoms with E-state index >= 15 is 0 Å². The van der Waals surface area contributed by atoms with Crippen LogP contribution in [0.2, 0.25) is 0 Å². The Morgan fingerprint density at radius 1 is 1.22 bits per heavy atom. The summed E-state index contributed by atoms with van der Waals surface area (Å²) in [4.78, 5) is 11.2. The van der Waals surface area contributed by atoms with E-state index in [0.29, 0.717) is 0 Å². The van der Waals surface area contributed by atoms with Crippen molar-refractivity contribution in [3.05, 3.63) is 46.8 Å². The summed E-state index contributed by atoms with van der Waals surface area (Å²) >= 11 is 0. The normalized spacial score (nSPS) is 10.7. The molecule has 0 amide bonds. The average Bonchev–Trinajstić information content (AvgIpc) is 2.64.